The fourth-order valence-electron chi connectivity index (χ4n) is 1.74. The minimum absolute atomic E-state index is 0.0752. The van der Waals surface area contributed by atoms with Crippen molar-refractivity contribution in [3.05, 3.63) is 40.7 Å². The first kappa shape index (κ1) is 17.7. The van der Waals surface area contributed by atoms with E-state index in [2.05, 4.69) is 5.32 Å². The van der Waals surface area contributed by atoms with Gasteiger partial charge in [0.05, 0.1) is 5.56 Å². The lowest BCUT2D eigenvalue weighted by atomic mass is 10.0. The van der Waals surface area contributed by atoms with Crippen molar-refractivity contribution in [3.8, 4) is 0 Å². The molecule has 0 unspecified atom stereocenters. The molecule has 0 saturated heterocycles. The molecule has 5 heteroatoms. The first-order chi connectivity index (χ1) is 9.53. The van der Waals surface area contributed by atoms with Crippen LogP contribution in [0.1, 0.15) is 45.2 Å². The Kier molecular flexibility index (Phi) is 5.56. The number of benzene rings is 1. The predicted octanol–water partition coefficient (Wildman–Crippen LogP) is 5.03. The van der Waals surface area contributed by atoms with Gasteiger partial charge in [0.25, 0.3) is 0 Å². The number of halogens is 4. The second-order valence-corrected chi connectivity index (χ2v) is 6.00. The molecular formula is C16H21F4N. The fourth-order valence-corrected chi connectivity index (χ4v) is 1.74. The quantitative estimate of drug-likeness (QED) is 0.770. The van der Waals surface area contributed by atoms with Crippen LogP contribution in [0.4, 0.5) is 17.6 Å². The smallest absolute Gasteiger partial charge is 0.308 e. The van der Waals surface area contributed by atoms with Gasteiger partial charge in [0.2, 0.25) is 0 Å². The molecule has 1 N–H and O–H groups in total. The van der Waals surface area contributed by atoms with Gasteiger partial charge >= 0.3 is 6.18 Å². The maximum absolute atomic E-state index is 13.2. The molecular weight excluding hydrogens is 282 g/mol. The second-order valence-electron chi connectivity index (χ2n) is 6.00. The van der Waals surface area contributed by atoms with Crippen LogP contribution in [0.3, 0.4) is 0 Å². The van der Waals surface area contributed by atoms with E-state index in [-0.39, 0.29) is 5.54 Å². The molecule has 0 aliphatic carbocycles. The first-order valence-corrected chi connectivity index (χ1v) is 6.84. The third-order valence-electron chi connectivity index (χ3n) is 2.97. The maximum atomic E-state index is 13.2. The summed E-state index contributed by atoms with van der Waals surface area (Å²) >= 11 is 0. The van der Waals surface area contributed by atoms with E-state index in [9.17, 15) is 17.6 Å². The van der Waals surface area contributed by atoms with Crippen molar-refractivity contribution in [2.75, 3.05) is 6.54 Å². The molecule has 1 rings (SSSR count). The van der Waals surface area contributed by atoms with Crippen LogP contribution in [0.25, 0.3) is 6.08 Å². The molecule has 1 aromatic rings. The maximum Gasteiger partial charge on any atom is 0.419 e. The summed E-state index contributed by atoms with van der Waals surface area (Å²) in [6.45, 7) is 8.56. The molecule has 0 atom stereocenters. The SMILES string of the molecule is CC/C(=C/c1ccc(F)c(C(F)(F)F)c1)CNC(C)(C)C. The topological polar surface area (TPSA) is 12.0 Å². The lowest BCUT2D eigenvalue weighted by molar-refractivity contribution is -0.140. The van der Waals surface area contributed by atoms with Crippen LogP contribution in [-0.2, 0) is 6.18 Å². The standard InChI is InChI=1S/C16H21F4N/c1-5-11(10-21-15(2,3)4)8-12-6-7-14(17)13(9-12)16(18,19)20/h6-9,21H,5,10H2,1-4H3/b11-8-. The summed E-state index contributed by atoms with van der Waals surface area (Å²) in [5, 5.41) is 3.28. The molecule has 0 bridgehead atoms. The van der Waals surface area contributed by atoms with Crippen LogP contribution in [0, 0.1) is 5.82 Å². The van der Waals surface area contributed by atoms with E-state index in [0.29, 0.717) is 18.5 Å². The molecule has 0 radical (unpaired) electrons. The van der Waals surface area contributed by atoms with Gasteiger partial charge in [-0.2, -0.15) is 13.2 Å². The molecule has 0 saturated carbocycles. The van der Waals surface area contributed by atoms with Crippen molar-refractivity contribution in [2.45, 2.75) is 45.8 Å². The van der Waals surface area contributed by atoms with Crippen molar-refractivity contribution in [1.29, 1.82) is 0 Å². The van der Waals surface area contributed by atoms with Crippen molar-refractivity contribution < 1.29 is 17.6 Å². The molecule has 21 heavy (non-hydrogen) atoms. The Morgan fingerprint density at radius 3 is 2.29 bits per heavy atom. The summed E-state index contributed by atoms with van der Waals surface area (Å²) in [6, 6.07) is 3.07. The Morgan fingerprint density at radius 1 is 1.19 bits per heavy atom. The average molecular weight is 303 g/mol. The Balaban J connectivity index is 3.01. The van der Waals surface area contributed by atoms with Crippen LogP contribution < -0.4 is 5.32 Å². The van der Waals surface area contributed by atoms with E-state index < -0.39 is 17.6 Å². The molecule has 0 aliphatic heterocycles. The predicted molar refractivity (Wildman–Crippen MR) is 77.4 cm³/mol. The van der Waals surface area contributed by atoms with Gasteiger partial charge in [-0.3, -0.25) is 0 Å². The molecule has 0 fully saturated rings. The molecule has 0 aliphatic rings. The highest BCUT2D eigenvalue weighted by Crippen LogP contribution is 2.32. The zero-order valence-corrected chi connectivity index (χ0v) is 12.7. The fraction of sp³-hybridized carbons (Fsp3) is 0.500. The van der Waals surface area contributed by atoms with Gasteiger partial charge in [0.15, 0.2) is 0 Å². The van der Waals surface area contributed by atoms with Crippen molar-refractivity contribution >= 4 is 6.08 Å². The third kappa shape index (κ3) is 5.87. The molecule has 0 spiro atoms. The minimum Gasteiger partial charge on any atom is -0.308 e. The third-order valence-corrected chi connectivity index (χ3v) is 2.97. The van der Waals surface area contributed by atoms with E-state index in [4.69, 9.17) is 0 Å². The molecule has 0 amide bonds. The van der Waals surface area contributed by atoms with Crippen molar-refractivity contribution in [2.24, 2.45) is 0 Å². The Labute approximate surface area is 123 Å². The van der Waals surface area contributed by atoms with E-state index >= 15 is 0 Å². The van der Waals surface area contributed by atoms with E-state index in [0.717, 1.165) is 17.7 Å². The average Bonchev–Trinajstić information content (AvgIpc) is 2.34. The molecule has 1 aromatic carbocycles. The van der Waals surface area contributed by atoms with Crippen LogP contribution in [0.5, 0.6) is 0 Å². The van der Waals surface area contributed by atoms with Gasteiger partial charge < -0.3 is 5.32 Å². The van der Waals surface area contributed by atoms with Gasteiger partial charge in [-0.05, 0) is 44.9 Å². The second kappa shape index (κ2) is 6.60. The number of hydrogen-bond acceptors (Lipinski definition) is 1. The number of alkyl halides is 3. The first-order valence-electron chi connectivity index (χ1n) is 6.84. The highest BCUT2D eigenvalue weighted by atomic mass is 19.4. The summed E-state index contributed by atoms with van der Waals surface area (Å²) < 4.78 is 51.3. The summed E-state index contributed by atoms with van der Waals surface area (Å²) in [4.78, 5) is 0. The molecule has 118 valence electrons. The number of hydrogen-bond donors (Lipinski definition) is 1. The highest BCUT2D eigenvalue weighted by molar-refractivity contribution is 5.54. The molecule has 1 nitrogen and oxygen atoms in total. The molecule has 0 aromatic heterocycles. The zero-order valence-electron chi connectivity index (χ0n) is 12.7. The van der Waals surface area contributed by atoms with Crippen LogP contribution in [-0.4, -0.2) is 12.1 Å². The summed E-state index contributed by atoms with van der Waals surface area (Å²) in [7, 11) is 0. The number of rotatable bonds is 4. The summed E-state index contributed by atoms with van der Waals surface area (Å²) in [5.41, 5.74) is 0.0187. The van der Waals surface area contributed by atoms with Crippen molar-refractivity contribution in [1.82, 2.24) is 5.32 Å². The van der Waals surface area contributed by atoms with Gasteiger partial charge in [-0.15, -0.1) is 0 Å². The van der Waals surface area contributed by atoms with Gasteiger partial charge in [0, 0.05) is 12.1 Å². The van der Waals surface area contributed by atoms with Gasteiger partial charge in [-0.25, -0.2) is 4.39 Å². The lowest BCUT2D eigenvalue weighted by Gasteiger charge is -2.21. The Morgan fingerprint density at radius 2 is 1.81 bits per heavy atom. The Bertz CT molecular complexity index is 510. The minimum atomic E-state index is -4.68. The number of nitrogens with one attached hydrogen (secondary N) is 1. The highest BCUT2D eigenvalue weighted by Gasteiger charge is 2.34. The van der Waals surface area contributed by atoms with Gasteiger partial charge in [-0.1, -0.05) is 24.6 Å². The lowest BCUT2D eigenvalue weighted by Crippen LogP contribution is -2.36. The monoisotopic (exact) mass is 303 g/mol. The Hall–Kier alpha value is -1.36. The van der Waals surface area contributed by atoms with Gasteiger partial charge in [0.1, 0.15) is 5.82 Å². The zero-order chi connectivity index (χ0) is 16.3. The van der Waals surface area contributed by atoms with Crippen molar-refractivity contribution in [3.63, 3.8) is 0 Å². The van der Waals surface area contributed by atoms with E-state index in [1.807, 2.05) is 27.7 Å². The van der Waals surface area contributed by atoms with E-state index in [1.54, 1.807) is 6.08 Å². The van der Waals surface area contributed by atoms with E-state index in [1.165, 1.54) is 6.07 Å². The summed E-state index contributed by atoms with van der Waals surface area (Å²) in [5.74, 6) is -1.24. The van der Waals surface area contributed by atoms with Crippen LogP contribution in [0.2, 0.25) is 0 Å². The molecule has 0 heterocycles. The summed E-state index contributed by atoms with van der Waals surface area (Å²) in [6.07, 6.45) is -2.29. The largest absolute Gasteiger partial charge is 0.419 e. The normalized spacial score (nSPS) is 13.6. The van der Waals surface area contributed by atoms with Crippen LogP contribution >= 0.6 is 0 Å². The van der Waals surface area contributed by atoms with Crippen LogP contribution in [0.15, 0.2) is 23.8 Å².